The van der Waals surface area contributed by atoms with E-state index in [4.69, 9.17) is 9.47 Å². The lowest BCUT2D eigenvalue weighted by Gasteiger charge is -2.18. The SMILES string of the molecule is C[C@@H](Nc1ccc(C(F)(F)F)cc1[N+](=O)[O-])C(=O)OCC(=O)c1ccc2c(c1)NC(=O)CO2. The minimum absolute atomic E-state index is 0.131. The molecule has 1 atom stereocenters. The van der Waals surface area contributed by atoms with Crippen molar-refractivity contribution in [2.24, 2.45) is 0 Å². The molecule has 0 unspecified atom stereocenters. The number of ether oxygens (including phenoxy) is 2. The third-order valence-electron chi connectivity index (χ3n) is 4.53. The van der Waals surface area contributed by atoms with Crippen LogP contribution in [-0.2, 0) is 20.5 Å². The number of hydrogen-bond donors (Lipinski definition) is 2. The van der Waals surface area contributed by atoms with Crippen LogP contribution in [0.5, 0.6) is 5.75 Å². The van der Waals surface area contributed by atoms with Gasteiger partial charge in [-0.2, -0.15) is 13.2 Å². The van der Waals surface area contributed by atoms with Crippen molar-refractivity contribution in [1.29, 1.82) is 0 Å². The van der Waals surface area contributed by atoms with Crippen LogP contribution in [-0.4, -0.2) is 41.8 Å². The fourth-order valence-electron chi connectivity index (χ4n) is 2.87. The van der Waals surface area contributed by atoms with E-state index in [2.05, 4.69) is 10.6 Å². The first-order chi connectivity index (χ1) is 15.5. The molecule has 33 heavy (non-hydrogen) atoms. The molecule has 0 saturated carbocycles. The summed E-state index contributed by atoms with van der Waals surface area (Å²) in [5, 5.41) is 16.1. The number of alkyl halides is 3. The van der Waals surface area contributed by atoms with Crippen LogP contribution in [0, 0.1) is 10.1 Å². The van der Waals surface area contributed by atoms with Crippen molar-refractivity contribution >= 4 is 34.7 Å². The number of halogens is 3. The minimum Gasteiger partial charge on any atom is -0.482 e. The van der Waals surface area contributed by atoms with E-state index in [0.717, 1.165) is 6.07 Å². The molecule has 13 heteroatoms. The summed E-state index contributed by atoms with van der Waals surface area (Å²) in [6.45, 7) is 0.438. The van der Waals surface area contributed by atoms with E-state index < -0.39 is 52.7 Å². The maximum atomic E-state index is 12.8. The highest BCUT2D eigenvalue weighted by atomic mass is 19.4. The Morgan fingerprint density at radius 2 is 2.00 bits per heavy atom. The smallest absolute Gasteiger partial charge is 0.416 e. The largest absolute Gasteiger partial charge is 0.482 e. The van der Waals surface area contributed by atoms with Crippen LogP contribution in [0.25, 0.3) is 0 Å². The number of amides is 1. The Morgan fingerprint density at radius 1 is 1.27 bits per heavy atom. The quantitative estimate of drug-likeness (QED) is 0.274. The second-order valence-corrected chi connectivity index (χ2v) is 6.93. The molecular formula is C20H16F3N3O7. The van der Waals surface area contributed by atoms with Crippen LogP contribution in [0.3, 0.4) is 0 Å². The number of anilines is 2. The maximum absolute atomic E-state index is 12.8. The molecule has 1 heterocycles. The molecule has 0 saturated heterocycles. The van der Waals surface area contributed by atoms with Gasteiger partial charge in [-0.25, -0.2) is 4.79 Å². The van der Waals surface area contributed by atoms with E-state index in [9.17, 15) is 37.7 Å². The van der Waals surface area contributed by atoms with Gasteiger partial charge in [0.25, 0.3) is 11.6 Å². The molecule has 1 amide bonds. The highest BCUT2D eigenvalue weighted by Gasteiger charge is 2.33. The molecule has 0 aliphatic carbocycles. The topological polar surface area (TPSA) is 137 Å². The molecule has 1 aliphatic heterocycles. The molecule has 174 valence electrons. The second-order valence-electron chi connectivity index (χ2n) is 6.93. The Kier molecular flexibility index (Phi) is 6.51. The number of hydrogen-bond acceptors (Lipinski definition) is 8. The first-order valence-corrected chi connectivity index (χ1v) is 9.34. The summed E-state index contributed by atoms with van der Waals surface area (Å²) in [4.78, 5) is 46.0. The van der Waals surface area contributed by atoms with Crippen molar-refractivity contribution in [2.45, 2.75) is 19.1 Å². The van der Waals surface area contributed by atoms with E-state index in [0.29, 0.717) is 17.9 Å². The number of benzene rings is 2. The van der Waals surface area contributed by atoms with Crippen molar-refractivity contribution in [3.8, 4) is 5.75 Å². The van der Waals surface area contributed by atoms with Gasteiger partial charge in [0.1, 0.15) is 17.5 Å². The predicted molar refractivity (Wildman–Crippen MR) is 107 cm³/mol. The van der Waals surface area contributed by atoms with Crippen LogP contribution in [0.2, 0.25) is 0 Å². The third-order valence-corrected chi connectivity index (χ3v) is 4.53. The summed E-state index contributed by atoms with van der Waals surface area (Å²) in [7, 11) is 0. The van der Waals surface area contributed by atoms with Gasteiger partial charge in [0.2, 0.25) is 0 Å². The van der Waals surface area contributed by atoms with E-state index in [1.807, 2.05) is 0 Å². The Labute approximate surface area is 183 Å². The summed E-state index contributed by atoms with van der Waals surface area (Å²) in [6.07, 6.45) is -4.78. The first kappa shape index (κ1) is 23.5. The maximum Gasteiger partial charge on any atom is 0.416 e. The summed E-state index contributed by atoms with van der Waals surface area (Å²) >= 11 is 0. The second kappa shape index (κ2) is 9.14. The Bertz CT molecular complexity index is 1130. The van der Waals surface area contributed by atoms with E-state index in [-0.39, 0.29) is 23.5 Å². The number of esters is 1. The van der Waals surface area contributed by atoms with Crippen molar-refractivity contribution in [1.82, 2.24) is 0 Å². The molecule has 2 aromatic carbocycles. The Morgan fingerprint density at radius 3 is 2.67 bits per heavy atom. The van der Waals surface area contributed by atoms with Gasteiger partial charge in [0, 0.05) is 11.6 Å². The van der Waals surface area contributed by atoms with E-state index in [1.54, 1.807) is 0 Å². The number of nitro groups is 1. The molecule has 0 spiro atoms. The average molecular weight is 467 g/mol. The highest BCUT2D eigenvalue weighted by Crippen LogP contribution is 2.35. The van der Waals surface area contributed by atoms with Gasteiger partial charge in [0.15, 0.2) is 19.0 Å². The molecule has 0 radical (unpaired) electrons. The molecule has 0 aromatic heterocycles. The van der Waals surface area contributed by atoms with Gasteiger partial charge in [-0.15, -0.1) is 0 Å². The molecule has 3 rings (SSSR count). The van der Waals surface area contributed by atoms with Crippen molar-refractivity contribution in [3.63, 3.8) is 0 Å². The third kappa shape index (κ3) is 5.56. The van der Waals surface area contributed by atoms with Gasteiger partial charge < -0.3 is 20.1 Å². The number of nitrogens with one attached hydrogen (secondary N) is 2. The van der Waals surface area contributed by atoms with Gasteiger partial charge in [0.05, 0.1) is 16.2 Å². The monoisotopic (exact) mass is 467 g/mol. The summed E-state index contributed by atoms with van der Waals surface area (Å²) in [6, 6.07) is 4.84. The average Bonchev–Trinajstić information content (AvgIpc) is 2.75. The molecule has 1 aliphatic rings. The Balaban J connectivity index is 1.63. The standard InChI is InChI=1S/C20H16F3N3O7/c1-10(24-13-4-3-12(20(21,22)23)7-15(13)26(30)31)19(29)33-8-16(27)11-2-5-17-14(6-11)25-18(28)9-32-17/h2-7,10,24H,8-9H2,1H3,(H,25,28)/t10-/m1/s1. The highest BCUT2D eigenvalue weighted by molar-refractivity contribution is 6.02. The van der Waals surface area contributed by atoms with Crippen LogP contribution >= 0.6 is 0 Å². The number of rotatable bonds is 7. The summed E-state index contributed by atoms with van der Waals surface area (Å²) < 4.78 is 48.5. The number of Topliss-reactive ketones (excluding diaryl/α,β-unsaturated/α-hetero) is 1. The van der Waals surface area contributed by atoms with Crippen LogP contribution in [0.15, 0.2) is 36.4 Å². The van der Waals surface area contributed by atoms with E-state index in [1.165, 1.54) is 25.1 Å². The van der Waals surface area contributed by atoms with Crippen molar-refractivity contribution in [3.05, 3.63) is 57.6 Å². The number of carbonyl (C=O) groups is 3. The number of ketones is 1. The van der Waals surface area contributed by atoms with Crippen molar-refractivity contribution < 1.29 is 42.0 Å². The number of carbonyl (C=O) groups excluding carboxylic acids is 3. The molecule has 2 N–H and O–H groups in total. The summed E-state index contributed by atoms with van der Waals surface area (Å²) in [5.74, 6) is -1.58. The molecular weight excluding hydrogens is 451 g/mol. The lowest BCUT2D eigenvalue weighted by molar-refractivity contribution is -0.384. The molecule has 0 bridgehead atoms. The van der Waals surface area contributed by atoms with E-state index >= 15 is 0 Å². The van der Waals surface area contributed by atoms with Crippen LogP contribution in [0.1, 0.15) is 22.8 Å². The number of nitrogens with zero attached hydrogens (tertiary/aromatic N) is 1. The van der Waals surface area contributed by atoms with Gasteiger partial charge in [-0.1, -0.05) is 0 Å². The van der Waals surface area contributed by atoms with Gasteiger partial charge in [-0.3, -0.25) is 19.7 Å². The number of nitro benzene ring substituents is 1. The minimum atomic E-state index is -4.78. The lowest BCUT2D eigenvalue weighted by Crippen LogP contribution is -2.30. The van der Waals surface area contributed by atoms with Crippen molar-refractivity contribution in [2.75, 3.05) is 23.8 Å². The fourth-order valence-corrected chi connectivity index (χ4v) is 2.87. The fraction of sp³-hybridized carbons (Fsp3) is 0.250. The zero-order chi connectivity index (χ0) is 24.3. The molecule has 0 fully saturated rings. The first-order valence-electron chi connectivity index (χ1n) is 9.34. The van der Waals surface area contributed by atoms with Gasteiger partial charge >= 0.3 is 12.1 Å². The normalized spacial score (nSPS) is 13.8. The molecule has 2 aromatic rings. The molecule has 10 nitrogen and oxygen atoms in total. The summed E-state index contributed by atoms with van der Waals surface area (Å²) in [5.41, 5.74) is -2.00. The lowest BCUT2D eigenvalue weighted by atomic mass is 10.1. The van der Waals surface area contributed by atoms with Gasteiger partial charge in [-0.05, 0) is 37.3 Å². The predicted octanol–water partition coefficient (Wildman–Crippen LogP) is 3.17. The number of fused-ring (bicyclic) bond motifs is 1. The zero-order valence-corrected chi connectivity index (χ0v) is 16.9. The zero-order valence-electron chi connectivity index (χ0n) is 16.9. The van der Waals surface area contributed by atoms with Crippen LogP contribution in [0.4, 0.5) is 30.2 Å². The van der Waals surface area contributed by atoms with Crippen LogP contribution < -0.4 is 15.4 Å². The Hall–Kier alpha value is -4.16.